The second-order valence-electron chi connectivity index (χ2n) is 6.79. The first-order chi connectivity index (χ1) is 13.6. The van der Waals surface area contributed by atoms with E-state index in [1.165, 1.54) is 11.1 Å². The molecule has 0 spiro atoms. The van der Waals surface area contributed by atoms with E-state index in [4.69, 9.17) is 11.6 Å². The third-order valence-corrected chi connectivity index (χ3v) is 4.89. The molecule has 0 fully saturated rings. The van der Waals surface area contributed by atoms with Crippen LogP contribution in [0.25, 0.3) is 11.6 Å². The number of carbonyl (C=O) groups is 1. The van der Waals surface area contributed by atoms with Crippen LogP contribution in [-0.2, 0) is 11.2 Å². The molecule has 0 atom stereocenters. The molecule has 1 N–H and O–H groups in total. The third kappa shape index (κ3) is 5.58. The van der Waals surface area contributed by atoms with E-state index in [0.717, 1.165) is 24.0 Å². The van der Waals surface area contributed by atoms with Crippen LogP contribution >= 0.6 is 11.6 Å². The summed E-state index contributed by atoms with van der Waals surface area (Å²) in [5.41, 5.74) is 4.88. The average molecular weight is 390 g/mol. The van der Waals surface area contributed by atoms with Gasteiger partial charge in [-0.2, -0.15) is 0 Å². The van der Waals surface area contributed by atoms with Crippen molar-refractivity contribution in [1.29, 1.82) is 0 Å². The van der Waals surface area contributed by atoms with E-state index in [1.807, 2.05) is 60.7 Å². The van der Waals surface area contributed by atoms with E-state index < -0.39 is 0 Å². The van der Waals surface area contributed by atoms with Crippen molar-refractivity contribution in [3.63, 3.8) is 0 Å². The monoisotopic (exact) mass is 389 g/mol. The molecule has 142 valence electrons. The van der Waals surface area contributed by atoms with Crippen LogP contribution in [0.5, 0.6) is 0 Å². The van der Waals surface area contributed by atoms with Gasteiger partial charge in [0.1, 0.15) is 0 Å². The van der Waals surface area contributed by atoms with Crippen molar-refractivity contribution in [2.24, 2.45) is 0 Å². The summed E-state index contributed by atoms with van der Waals surface area (Å²) in [5, 5.41) is 3.68. The summed E-state index contributed by atoms with van der Waals surface area (Å²) >= 11 is 6.29. The van der Waals surface area contributed by atoms with E-state index in [2.05, 4.69) is 36.5 Å². The Morgan fingerprint density at radius 1 is 0.964 bits per heavy atom. The normalized spacial score (nSPS) is 11.3. The molecule has 2 nitrogen and oxygen atoms in total. The molecule has 3 aromatic carbocycles. The van der Waals surface area contributed by atoms with E-state index in [0.29, 0.717) is 17.1 Å². The molecule has 28 heavy (non-hydrogen) atoms. The number of nitrogens with one attached hydrogen (secondary N) is 1. The molecule has 0 saturated carbocycles. The highest BCUT2D eigenvalue weighted by molar-refractivity contribution is 6.33. The summed E-state index contributed by atoms with van der Waals surface area (Å²) in [5.74, 6) is -0.0876. The van der Waals surface area contributed by atoms with Crippen molar-refractivity contribution >= 4 is 29.2 Å². The van der Waals surface area contributed by atoms with E-state index >= 15 is 0 Å². The molecule has 3 rings (SSSR count). The van der Waals surface area contributed by atoms with Crippen molar-refractivity contribution in [3.05, 3.63) is 106 Å². The predicted molar refractivity (Wildman–Crippen MR) is 118 cm³/mol. The molecular weight excluding hydrogens is 366 g/mol. The van der Waals surface area contributed by atoms with Crippen LogP contribution in [0.15, 0.2) is 78.9 Å². The fraction of sp³-hybridized carbons (Fsp3) is 0.160. The number of halogens is 1. The van der Waals surface area contributed by atoms with Gasteiger partial charge in [-0.15, -0.1) is 0 Å². The summed E-state index contributed by atoms with van der Waals surface area (Å²) < 4.78 is 0. The van der Waals surface area contributed by atoms with Crippen LogP contribution in [0.4, 0.5) is 0 Å². The van der Waals surface area contributed by atoms with Gasteiger partial charge in [0.25, 0.3) is 5.91 Å². The summed E-state index contributed by atoms with van der Waals surface area (Å²) in [6, 6.07) is 25.7. The minimum Gasteiger partial charge on any atom is -0.352 e. The summed E-state index contributed by atoms with van der Waals surface area (Å²) in [7, 11) is 0. The lowest BCUT2D eigenvalue weighted by atomic mass is 10.0. The maximum absolute atomic E-state index is 12.9. The first kappa shape index (κ1) is 19.9. The Morgan fingerprint density at radius 2 is 1.71 bits per heavy atom. The number of amides is 1. The maximum atomic E-state index is 12.9. The lowest BCUT2D eigenvalue weighted by Crippen LogP contribution is -2.25. The van der Waals surface area contributed by atoms with Crippen molar-refractivity contribution in [1.82, 2.24) is 5.32 Å². The molecule has 1 amide bonds. The molecular formula is C25H24ClNO. The van der Waals surface area contributed by atoms with Crippen molar-refractivity contribution in [2.75, 3.05) is 6.54 Å². The quantitative estimate of drug-likeness (QED) is 0.302. The molecule has 0 aliphatic carbocycles. The van der Waals surface area contributed by atoms with Gasteiger partial charge in [-0.05, 0) is 48.6 Å². The SMILES string of the molecule is Cc1cccc(CCCNC(=O)/C(=C/c2ccccc2Cl)c2ccccc2)c1. The van der Waals surface area contributed by atoms with Crippen molar-refractivity contribution in [2.45, 2.75) is 19.8 Å². The van der Waals surface area contributed by atoms with Crippen LogP contribution in [0.2, 0.25) is 5.02 Å². The van der Waals surface area contributed by atoms with Crippen LogP contribution in [0.1, 0.15) is 28.7 Å². The topological polar surface area (TPSA) is 29.1 Å². The molecule has 0 aliphatic heterocycles. The number of aryl methyl sites for hydroxylation is 2. The van der Waals surface area contributed by atoms with E-state index in [1.54, 1.807) is 0 Å². The molecule has 0 saturated heterocycles. The molecule has 0 radical (unpaired) electrons. The van der Waals surface area contributed by atoms with E-state index in [-0.39, 0.29) is 5.91 Å². The van der Waals surface area contributed by atoms with Crippen LogP contribution in [-0.4, -0.2) is 12.5 Å². The molecule has 0 aliphatic rings. The Bertz CT molecular complexity index is 963. The summed E-state index contributed by atoms with van der Waals surface area (Å²) in [6.45, 7) is 2.72. The lowest BCUT2D eigenvalue weighted by Gasteiger charge is -2.11. The van der Waals surface area contributed by atoms with Gasteiger partial charge in [0, 0.05) is 17.1 Å². The van der Waals surface area contributed by atoms with Gasteiger partial charge in [-0.1, -0.05) is 90.0 Å². The van der Waals surface area contributed by atoms with Gasteiger partial charge in [0.15, 0.2) is 0 Å². The minimum absolute atomic E-state index is 0.0876. The second-order valence-corrected chi connectivity index (χ2v) is 7.20. The van der Waals surface area contributed by atoms with Gasteiger partial charge < -0.3 is 5.32 Å². The fourth-order valence-corrected chi connectivity index (χ4v) is 3.29. The number of hydrogen-bond donors (Lipinski definition) is 1. The fourth-order valence-electron chi connectivity index (χ4n) is 3.10. The zero-order valence-electron chi connectivity index (χ0n) is 16.0. The largest absolute Gasteiger partial charge is 0.352 e. The molecule has 0 unspecified atom stereocenters. The zero-order chi connectivity index (χ0) is 19.8. The van der Waals surface area contributed by atoms with Crippen LogP contribution < -0.4 is 5.32 Å². The summed E-state index contributed by atoms with van der Waals surface area (Å²) in [4.78, 5) is 12.9. The number of carbonyl (C=O) groups excluding carboxylic acids is 1. The number of hydrogen-bond acceptors (Lipinski definition) is 1. The number of rotatable bonds is 7. The van der Waals surface area contributed by atoms with Gasteiger partial charge in [0.05, 0.1) is 0 Å². The molecule has 0 bridgehead atoms. The highest BCUT2D eigenvalue weighted by atomic mass is 35.5. The summed E-state index contributed by atoms with van der Waals surface area (Å²) in [6.07, 6.45) is 3.69. The third-order valence-electron chi connectivity index (χ3n) is 4.54. The van der Waals surface area contributed by atoms with Gasteiger partial charge in [0.2, 0.25) is 0 Å². The second kappa shape index (κ2) is 9.91. The lowest BCUT2D eigenvalue weighted by molar-refractivity contribution is -0.115. The first-order valence-electron chi connectivity index (χ1n) is 9.49. The Labute approximate surface area is 171 Å². The molecule has 0 heterocycles. The Hall–Kier alpha value is -2.84. The van der Waals surface area contributed by atoms with Gasteiger partial charge in [-0.25, -0.2) is 0 Å². The minimum atomic E-state index is -0.0876. The smallest absolute Gasteiger partial charge is 0.251 e. The van der Waals surface area contributed by atoms with Gasteiger partial charge in [-0.3, -0.25) is 4.79 Å². The van der Waals surface area contributed by atoms with Crippen LogP contribution in [0, 0.1) is 6.92 Å². The predicted octanol–water partition coefficient (Wildman–Crippen LogP) is 5.94. The Kier molecular flexibility index (Phi) is 7.05. The average Bonchev–Trinajstić information content (AvgIpc) is 2.71. The standard InChI is InChI=1S/C25H24ClNO/c1-19-9-7-10-20(17-19)11-8-16-27-25(28)23(21-12-3-2-4-13-21)18-22-14-5-6-15-24(22)26/h2-7,9-10,12-15,17-18H,8,11,16H2,1H3,(H,27,28)/b23-18+. The van der Waals surface area contributed by atoms with Crippen molar-refractivity contribution in [3.8, 4) is 0 Å². The zero-order valence-corrected chi connectivity index (χ0v) is 16.7. The van der Waals surface area contributed by atoms with Gasteiger partial charge >= 0.3 is 0 Å². The highest BCUT2D eigenvalue weighted by Gasteiger charge is 2.12. The molecule has 3 heteroatoms. The molecule has 3 aromatic rings. The number of benzene rings is 3. The molecule has 0 aromatic heterocycles. The maximum Gasteiger partial charge on any atom is 0.251 e. The van der Waals surface area contributed by atoms with Crippen molar-refractivity contribution < 1.29 is 4.79 Å². The first-order valence-corrected chi connectivity index (χ1v) is 9.86. The Balaban J connectivity index is 1.70. The van der Waals surface area contributed by atoms with E-state index in [9.17, 15) is 4.79 Å². The highest BCUT2D eigenvalue weighted by Crippen LogP contribution is 2.23. The Morgan fingerprint density at radius 3 is 2.46 bits per heavy atom. The van der Waals surface area contributed by atoms with Crippen LogP contribution in [0.3, 0.4) is 0 Å².